The molecular weight excluding hydrogens is 400 g/mol. The summed E-state index contributed by atoms with van der Waals surface area (Å²) < 4.78 is 0. The van der Waals surface area contributed by atoms with Crippen molar-refractivity contribution < 1.29 is 4.79 Å². The van der Waals surface area contributed by atoms with Crippen molar-refractivity contribution in [3.8, 4) is 11.4 Å². The smallest absolute Gasteiger partial charge is 0.253 e. The minimum atomic E-state index is 0.0847. The molecule has 32 heavy (non-hydrogen) atoms. The topological polar surface area (TPSA) is 77.1 Å². The summed E-state index contributed by atoms with van der Waals surface area (Å²) in [6, 6.07) is 18.2. The van der Waals surface area contributed by atoms with Gasteiger partial charge in [-0.2, -0.15) is 0 Å². The molecule has 162 valence electrons. The van der Waals surface area contributed by atoms with Crippen molar-refractivity contribution in [2.75, 3.05) is 32.5 Å². The molecule has 0 aliphatic carbocycles. The number of para-hydroxylation sites is 1. The summed E-state index contributed by atoms with van der Waals surface area (Å²) in [4.78, 5) is 29.4. The molecule has 3 heterocycles. The molecule has 1 aliphatic rings. The summed E-state index contributed by atoms with van der Waals surface area (Å²) >= 11 is 0. The predicted octanol–water partition coefficient (Wildman–Crippen LogP) is 4.14. The van der Waals surface area contributed by atoms with E-state index < -0.39 is 0 Å². The number of carbonyl (C=O) groups excluding carboxylic acids is 1. The first-order valence-electron chi connectivity index (χ1n) is 10.8. The molecule has 0 unspecified atom stereocenters. The third-order valence-corrected chi connectivity index (χ3v) is 6.03. The number of amides is 1. The van der Waals surface area contributed by atoms with E-state index in [0.717, 1.165) is 47.5 Å². The highest BCUT2D eigenvalue weighted by atomic mass is 16.2. The van der Waals surface area contributed by atoms with Gasteiger partial charge in [-0.3, -0.25) is 9.78 Å². The number of anilines is 2. The maximum Gasteiger partial charge on any atom is 0.253 e. The number of nitrogens with zero attached hydrogens (tertiary/aromatic N) is 4. The van der Waals surface area contributed by atoms with Crippen LogP contribution in [0.15, 0.2) is 67.0 Å². The van der Waals surface area contributed by atoms with Gasteiger partial charge in [-0.25, -0.2) is 4.98 Å². The highest BCUT2D eigenvalue weighted by Gasteiger charge is 2.27. The monoisotopic (exact) mass is 426 g/mol. The Morgan fingerprint density at radius 3 is 2.69 bits per heavy atom. The van der Waals surface area contributed by atoms with Crippen LogP contribution >= 0.6 is 0 Å². The van der Waals surface area contributed by atoms with Crippen molar-refractivity contribution in [1.82, 2.24) is 24.8 Å². The van der Waals surface area contributed by atoms with Crippen LogP contribution in [-0.4, -0.2) is 63.9 Å². The maximum atomic E-state index is 12.8. The van der Waals surface area contributed by atoms with Gasteiger partial charge < -0.3 is 20.1 Å². The van der Waals surface area contributed by atoms with Crippen molar-refractivity contribution in [1.29, 1.82) is 0 Å². The first kappa shape index (κ1) is 20.2. The fraction of sp³-hybridized carbons (Fsp3) is 0.240. The quantitative estimate of drug-likeness (QED) is 0.501. The molecule has 2 N–H and O–H groups in total. The minimum absolute atomic E-state index is 0.0847. The molecule has 0 radical (unpaired) electrons. The molecule has 0 bridgehead atoms. The van der Waals surface area contributed by atoms with Gasteiger partial charge >= 0.3 is 0 Å². The van der Waals surface area contributed by atoms with E-state index in [9.17, 15) is 4.79 Å². The minimum Gasteiger partial charge on any atom is -0.353 e. The highest BCUT2D eigenvalue weighted by molar-refractivity contribution is 5.95. The van der Waals surface area contributed by atoms with E-state index in [0.29, 0.717) is 17.4 Å². The van der Waals surface area contributed by atoms with Crippen molar-refractivity contribution in [3.63, 3.8) is 0 Å². The average Bonchev–Trinajstić information content (AvgIpc) is 3.47. The van der Waals surface area contributed by atoms with E-state index in [1.54, 1.807) is 12.4 Å². The molecule has 7 heteroatoms. The van der Waals surface area contributed by atoms with Crippen molar-refractivity contribution in [3.05, 3.63) is 72.6 Å². The van der Waals surface area contributed by atoms with Crippen molar-refractivity contribution in [2.24, 2.45) is 0 Å². The van der Waals surface area contributed by atoms with Crippen LogP contribution in [0.4, 0.5) is 11.5 Å². The fourth-order valence-corrected chi connectivity index (χ4v) is 4.14. The average molecular weight is 427 g/mol. The van der Waals surface area contributed by atoms with Crippen LogP contribution < -0.4 is 5.32 Å². The summed E-state index contributed by atoms with van der Waals surface area (Å²) in [5.74, 6) is 0.732. The van der Waals surface area contributed by atoms with E-state index in [2.05, 4.69) is 46.4 Å². The zero-order chi connectivity index (χ0) is 22.1. The fourth-order valence-electron chi connectivity index (χ4n) is 4.14. The molecule has 0 saturated carbocycles. The lowest BCUT2D eigenvalue weighted by molar-refractivity contribution is 0.0783. The second-order valence-corrected chi connectivity index (χ2v) is 8.42. The Bertz CT molecular complexity index is 1210. The van der Waals surface area contributed by atoms with Crippen LogP contribution in [0.1, 0.15) is 16.8 Å². The molecule has 1 amide bonds. The summed E-state index contributed by atoms with van der Waals surface area (Å²) in [5, 5.41) is 4.42. The van der Waals surface area contributed by atoms with Crippen molar-refractivity contribution >= 4 is 28.3 Å². The molecule has 2 aromatic heterocycles. The van der Waals surface area contributed by atoms with Gasteiger partial charge in [0.2, 0.25) is 0 Å². The second-order valence-electron chi connectivity index (χ2n) is 8.42. The Balaban J connectivity index is 1.29. The third kappa shape index (κ3) is 4.07. The van der Waals surface area contributed by atoms with Crippen LogP contribution in [0.2, 0.25) is 0 Å². The van der Waals surface area contributed by atoms with E-state index >= 15 is 0 Å². The molecule has 1 aliphatic heterocycles. The molecule has 1 saturated heterocycles. The standard InChI is InChI=1S/C25H26N6O/c1-30(2)20-11-12-31(16-20)25(32)17-7-9-19(10-8-17)27-24-15-26-14-23(29-24)22-13-18-5-3-4-6-21(18)28-22/h3-10,13-15,20,28H,11-12,16H2,1-2H3,(H,27,29)/t20-/m1/s1. The number of nitrogens with one attached hydrogen (secondary N) is 2. The number of fused-ring (bicyclic) bond motifs is 1. The summed E-state index contributed by atoms with van der Waals surface area (Å²) in [7, 11) is 4.13. The Hall–Kier alpha value is -3.71. The van der Waals surface area contributed by atoms with Crippen LogP contribution in [0.5, 0.6) is 0 Å². The number of aromatic amines is 1. The van der Waals surface area contributed by atoms with Gasteiger partial charge in [0.1, 0.15) is 11.5 Å². The molecule has 1 fully saturated rings. The second kappa shape index (κ2) is 8.43. The number of hydrogen-bond acceptors (Lipinski definition) is 5. The normalized spacial score (nSPS) is 16.1. The number of rotatable bonds is 5. The van der Waals surface area contributed by atoms with E-state index in [1.165, 1.54) is 0 Å². The number of carbonyl (C=O) groups is 1. The predicted molar refractivity (Wildman–Crippen MR) is 127 cm³/mol. The zero-order valence-electron chi connectivity index (χ0n) is 18.2. The van der Waals surface area contributed by atoms with Crippen LogP contribution in [-0.2, 0) is 0 Å². The van der Waals surface area contributed by atoms with Crippen LogP contribution in [0, 0.1) is 0 Å². The Kier molecular flexibility index (Phi) is 5.33. The molecule has 2 aromatic carbocycles. The lowest BCUT2D eigenvalue weighted by atomic mass is 10.2. The Labute approximate surface area is 187 Å². The number of likely N-dealkylation sites (N-methyl/N-ethyl adjacent to an activating group) is 1. The largest absolute Gasteiger partial charge is 0.353 e. The van der Waals surface area contributed by atoms with Gasteiger partial charge in [-0.1, -0.05) is 18.2 Å². The van der Waals surface area contributed by atoms with Gasteiger partial charge in [0.05, 0.1) is 18.1 Å². The number of aromatic nitrogens is 3. The SMILES string of the molecule is CN(C)[C@@H]1CCN(C(=O)c2ccc(Nc3cncc(-c4cc5ccccc5[nH]4)n3)cc2)C1. The summed E-state index contributed by atoms with van der Waals surface area (Å²) in [6.07, 6.45) is 4.45. The van der Waals surface area contributed by atoms with Gasteiger partial charge in [-0.05, 0) is 56.9 Å². The highest BCUT2D eigenvalue weighted by Crippen LogP contribution is 2.24. The number of likely N-dealkylation sites (tertiary alicyclic amines) is 1. The molecule has 1 atom stereocenters. The van der Waals surface area contributed by atoms with Crippen molar-refractivity contribution in [2.45, 2.75) is 12.5 Å². The van der Waals surface area contributed by atoms with Crippen LogP contribution in [0.3, 0.4) is 0 Å². The van der Waals surface area contributed by atoms with Gasteiger partial charge in [-0.15, -0.1) is 0 Å². The number of benzene rings is 2. The van der Waals surface area contributed by atoms with Gasteiger partial charge in [0, 0.05) is 41.3 Å². The van der Waals surface area contributed by atoms with Gasteiger partial charge in [0.25, 0.3) is 5.91 Å². The van der Waals surface area contributed by atoms with Crippen LogP contribution in [0.25, 0.3) is 22.3 Å². The zero-order valence-corrected chi connectivity index (χ0v) is 18.2. The first-order chi connectivity index (χ1) is 15.6. The molecule has 0 spiro atoms. The summed E-state index contributed by atoms with van der Waals surface area (Å²) in [5.41, 5.74) is 4.32. The maximum absolute atomic E-state index is 12.8. The summed E-state index contributed by atoms with van der Waals surface area (Å²) in [6.45, 7) is 1.58. The van der Waals surface area contributed by atoms with E-state index in [1.807, 2.05) is 47.4 Å². The van der Waals surface area contributed by atoms with E-state index in [4.69, 9.17) is 4.98 Å². The molecular formula is C25H26N6O. The third-order valence-electron chi connectivity index (χ3n) is 6.03. The Morgan fingerprint density at radius 2 is 1.94 bits per heavy atom. The number of hydrogen-bond donors (Lipinski definition) is 2. The van der Waals surface area contributed by atoms with Gasteiger partial charge in [0.15, 0.2) is 0 Å². The molecule has 7 nitrogen and oxygen atoms in total. The number of H-pyrrole nitrogens is 1. The van der Waals surface area contributed by atoms with E-state index in [-0.39, 0.29) is 5.91 Å². The Morgan fingerprint density at radius 1 is 1.12 bits per heavy atom. The molecule has 5 rings (SSSR count). The first-order valence-corrected chi connectivity index (χ1v) is 10.8. The lowest BCUT2D eigenvalue weighted by Crippen LogP contribution is -2.34. The molecule has 4 aromatic rings. The lowest BCUT2D eigenvalue weighted by Gasteiger charge is -2.20.